The van der Waals surface area contributed by atoms with E-state index in [0.29, 0.717) is 17.5 Å². The molecular weight excluding hydrogens is 526 g/mol. The molecule has 0 N–H and O–H groups in total. The first kappa shape index (κ1) is 23.8. The fourth-order valence-electron chi connectivity index (χ4n) is 6.35. The first-order valence-electron chi connectivity index (χ1n) is 14.4. The zero-order valence-electron chi connectivity index (χ0n) is 23.0. The minimum Gasteiger partial charge on any atom is -0.456 e. The van der Waals surface area contributed by atoms with Crippen LogP contribution in [0.2, 0.25) is 0 Å². The molecule has 0 aliphatic rings. The number of benzene rings is 7. The summed E-state index contributed by atoms with van der Waals surface area (Å²) in [6.07, 6.45) is 0. The summed E-state index contributed by atoms with van der Waals surface area (Å²) in [6.45, 7) is 0. The van der Waals surface area contributed by atoms with Crippen LogP contribution >= 0.6 is 0 Å². The lowest BCUT2D eigenvalue weighted by molar-refractivity contribution is 0.669. The molecule has 0 bridgehead atoms. The van der Waals surface area contributed by atoms with Crippen molar-refractivity contribution >= 4 is 54.3 Å². The number of furan rings is 1. The van der Waals surface area contributed by atoms with Crippen molar-refractivity contribution in [1.82, 2.24) is 15.0 Å². The molecule has 2 heterocycles. The highest BCUT2D eigenvalue weighted by Crippen LogP contribution is 2.40. The summed E-state index contributed by atoms with van der Waals surface area (Å²) in [5, 5.41) is 8.98. The summed E-state index contributed by atoms with van der Waals surface area (Å²) in [4.78, 5) is 15.4. The lowest BCUT2D eigenvalue weighted by atomic mass is 9.96. The molecular formula is C39H23N3O. The van der Waals surface area contributed by atoms with E-state index in [1.54, 1.807) is 0 Å². The van der Waals surface area contributed by atoms with Gasteiger partial charge in [-0.3, -0.25) is 0 Å². The summed E-state index contributed by atoms with van der Waals surface area (Å²) in [5.41, 5.74) is 4.58. The summed E-state index contributed by atoms with van der Waals surface area (Å²) >= 11 is 0. The normalized spacial score (nSPS) is 11.7. The molecule has 9 rings (SSSR count). The van der Waals surface area contributed by atoms with Crippen LogP contribution in [0, 0.1) is 0 Å². The van der Waals surface area contributed by atoms with Gasteiger partial charge < -0.3 is 4.42 Å². The van der Waals surface area contributed by atoms with E-state index in [-0.39, 0.29) is 0 Å². The van der Waals surface area contributed by atoms with Gasteiger partial charge in [-0.2, -0.15) is 0 Å². The van der Waals surface area contributed by atoms with E-state index in [4.69, 9.17) is 19.4 Å². The Morgan fingerprint density at radius 3 is 1.88 bits per heavy atom. The van der Waals surface area contributed by atoms with Crippen molar-refractivity contribution in [2.75, 3.05) is 0 Å². The van der Waals surface area contributed by atoms with Gasteiger partial charge in [0.15, 0.2) is 17.5 Å². The van der Waals surface area contributed by atoms with Gasteiger partial charge in [0.1, 0.15) is 11.2 Å². The predicted octanol–water partition coefficient (Wildman–Crippen LogP) is 10.2. The molecule has 0 atom stereocenters. The van der Waals surface area contributed by atoms with Crippen LogP contribution in [0.3, 0.4) is 0 Å². The van der Waals surface area contributed by atoms with E-state index in [1.165, 1.54) is 10.8 Å². The van der Waals surface area contributed by atoms with E-state index >= 15 is 0 Å². The molecule has 2 aromatic heterocycles. The Morgan fingerprint density at radius 1 is 0.372 bits per heavy atom. The highest BCUT2D eigenvalue weighted by molar-refractivity contribution is 6.22. The summed E-state index contributed by atoms with van der Waals surface area (Å²) in [7, 11) is 0. The minimum absolute atomic E-state index is 0.629. The third-order valence-corrected chi connectivity index (χ3v) is 8.30. The van der Waals surface area contributed by atoms with Gasteiger partial charge in [-0.25, -0.2) is 15.0 Å². The minimum atomic E-state index is 0.629. The van der Waals surface area contributed by atoms with Crippen molar-refractivity contribution in [2.45, 2.75) is 0 Å². The molecule has 0 fully saturated rings. The quantitative estimate of drug-likeness (QED) is 0.206. The van der Waals surface area contributed by atoms with Crippen LogP contribution in [0.5, 0.6) is 0 Å². The average molecular weight is 550 g/mol. The van der Waals surface area contributed by atoms with Crippen molar-refractivity contribution in [2.24, 2.45) is 0 Å². The van der Waals surface area contributed by atoms with Crippen molar-refractivity contribution in [3.05, 3.63) is 140 Å². The largest absolute Gasteiger partial charge is 0.456 e. The van der Waals surface area contributed by atoms with Crippen molar-refractivity contribution in [3.8, 4) is 34.2 Å². The number of aromatic nitrogens is 3. The predicted molar refractivity (Wildman–Crippen MR) is 176 cm³/mol. The van der Waals surface area contributed by atoms with Crippen LogP contribution in [0.4, 0.5) is 0 Å². The Hall–Kier alpha value is -5.87. The van der Waals surface area contributed by atoms with Crippen LogP contribution in [0.25, 0.3) is 88.4 Å². The zero-order chi connectivity index (χ0) is 28.3. The second kappa shape index (κ2) is 9.33. The molecule has 9 aromatic rings. The highest BCUT2D eigenvalue weighted by atomic mass is 16.3. The Morgan fingerprint density at radius 2 is 1.02 bits per heavy atom. The van der Waals surface area contributed by atoms with Crippen molar-refractivity contribution in [1.29, 1.82) is 0 Å². The maximum Gasteiger partial charge on any atom is 0.164 e. The fraction of sp³-hybridized carbons (Fsp3) is 0. The molecule has 0 aliphatic heterocycles. The number of rotatable bonds is 3. The molecule has 0 spiro atoms. The van der Waals surface area contributed by atoms with E-state index < -0.39 is 0 Å². The molecule has 0 saturated carbocycles. The molecule has 0 radical (unpaired) electrons. The van der Waals surface area contributed by atoms with E-state index in [0.717, 1.165) is 60.2 Å². The van der Waals surface area contributed by atoms with Gasteiger partial charge in [0.25, 0.3) is 0 Å². The number of hydrogen-bond donors (Lipinski definition) is 0. The van der Waals surface area contributed by atoms with Crippen molar-refractivity contribution in [3.63, 3.8) is 0 Å². The van der Waals surface area contributed by atoms with Crippen LogP contribution < -0.4 is 0 Å². The molecule has 0 saturated heterocycles. The Bertz CT molecular complexity index is 2510. The summed E-state index contributed by atoms with van der Waals surface area (Å²) < 4.78 is 6.27. The van der Waals surface area contributed by atoms with Gasteiger partial charge >= 0.3 is 0 Å². The number of fused-ring (bicyclic) bond motifs is 8. The van der Waals surface area contributed by atoms with Crippen LogP contribution in [0.15, 0.2) is 144 Å². The standard InChI is InChI=1S/C39H23N3O/c1-2-11-25(12-3-1)37-40-38(31-19-10-14-24-21-22-34-36(35(24)31)30-18-8-9-20-33(30)43-34)42-39(41-37)32-23-26-13-4-5-15-27(26)28-16-6-7-17-29(28)32/h1-23H. The van der Waals surface area contributed by atoms with Gasteiger partial charge in [-0.1, -0.05) is 121 Å². The maximum absolute atomic E-state index is 6.27. The van der Waals surface area contributed by atoms with Crippen molar-refractivity contribution < 1.29 is 4.42 Å². The van der Waals surface area contributed by atoms with E-state index in [2.05, 4.69) is 97.1 Å². The molecule has 4 nitrogen and oxygen atoms in total. The Labute approximate surface area is 246 Å². The highest BCUT2D eigenvalue weighted by Gasteiger charge is 2.19. The Balaban J connectivity index is 1.39. The van der Waals surface area contributed by atoms with Crippen LogP contribution in [-0.4, -0.2) is 15.0 Å². The maximum atomic E-state index is 6.27. The molecule has 0 unspecified atom stereocenters. The number of para-hydroxylation sites is 1. The topological polar surface area (TPSA) is 51.8 Å². The number of nitrogens with zero attached hydrogens (tertiary/aromatic N) is 3. The molecule has 0 amide bonds. The first-order chi connectivity index (χ1) is 21.3. The zero-order valence-corrected chi connectivity index (χ0v) is 23.0. The second-order valence-electron chi connectivity index (χ2n) is 10.8. The first-order valence-corrected chi connectivity index (χ1v) is 14.4. The third-order valence-electron chi connectivity index (χ3n) is 8.30. The lowest BCUT2D eigenvalue weighted by Gasteiger charge is -2.13. The van der Waals surface area contributed by atoms with Gasteiger partial charge in [0, 0.05) is 32.8 Å². The fourth-order valence-corrected chi connectivity index (χ4v) is 6.35. The van der Waals surface area contributed by atoms with Gasteiger partial charge in [0.05, 0.1) is 0 Å². The smallest absolute Gasteiger partial charge is 0.164 e. The van der Waals surface area contributed by atoms with Gasteiger partial charge in [-0.15, -0.1) is 0 Å². The molecule has 4 heteroatoms. The van der Waals surface area contributed by atoms with E-state index in [9.17, 15) is 0 Å². The second-order valence-corrected chi connectivity index (χ2v) is 10.8. The van der Waals surface area contributed by atoms with Crippen LogP contribution in [-0.2, 0) is 0 Å². The van der Waals surface area contributed by atoms with Crippen LogP contribution in [0.1, 0.15) is 0 Å². The average Bonchev–Trinajstić information content (AvgIpc) is 3.47. The third kappa shape index (κ3) is 3.74. The molecule has 7 aromatic carbocycles. The summed E-state index contributed by atoms with van der Waals surface area (Å²) in [5.74, 6) is 1.91. The SMILES string of the molecule is c1ccc(-c2nc(-c3cc4ccccc4c4ccccc34)nc(-c3cccc4ccc5oc6ccccc6c5c34)n2)cc1. The lowest BCUT2D eigenvalue weighted by Crippen LogP contribution is -2.01. The van der Waals surface area contributed by atoms with E-state index in [1.807, 2.05) is 42.5 Å². The van der Waals surface area contributed by atoms with Gasteiger partial charge in [-0.05, 0) is 45.1 Å². The molecule has 200 valence electrons. The summed E-state index contributed by atoms with van der Waals surface area (Å²) in [6, 6.07) is 48.0. The Kier molecular flexibility index (Phi) is 5.16. The number of hydrogen-bond acceptors (Lipinski definition) is 4. The van der Waals surface area contributed by atoms with Gasteiger partial charge in [0.2, 0.25) is 0 Å². The monoisotopic (exact) mass is 549 g/mol. The molecule has 43 heavy (non-hydrogen) atoms. The molecule has 0 aliphatic carbocycles.